The maximum Gasteiger partial charge on any atom is 0.309 e. The number of rotatable bonds is 1. The first-order valence-electron chi connectivity index (χ1n) is 6.83. The summed E-state index contributed by atoms with van der Waals surface area (Å²) in [6.45, 7) is 4.79. The SMILES string of the molecule is COC(=O)[C@@H]1CCC=C2[C@@H]1C[C@@H]1C[C@@H]2C1(C)C. The van der Waals surface area contributed by atoms with Crippen molar-refractivity contribution in [2.45, 2.75) is 39.5 Å². The van der Waals surface area contributed by atoms with Gasteiger partial charge in [-0.05, 0) is 48.9 Å². The van der Waals surface area contributed by atoms with Gasteiger partial charge in [0.15, 0.2) is 0 Å². The van der Waals surface area contributed by atoms with Crippen LogP contribution in [0.3, 0.4) is 0 Å². The summed E-state index contributed by atoms with van der Waals surface area (Å²) in [6.07, 6.45) is 7.02. The molecule has 0 spiro atoms. The Morgan fingerprint density at radius 1 is 1.41 bits per heavy atom. The minimum Gasteiger partial charge on any atom is -0.469 e. The first-order valence-corrected chi connectivity index (χ1v) is 6.83. The van der Waals surface area contributed by atoms with Crippen molar-refractivity contribution in [2.75, 3.05) is 7.11 Å². The van der Waals surface area contributed by atoms with E-state index in [9.17, 15) is 4.79 Å². The summed E-state index contributed by atoms with van der Waals surface area (Å²) in [5.74, 6) is 2.20. The Balaban J connectivity index is 1.87. The van der Waals surface area contributed by atoms with Gasteiger partial charge in [0.1, 0.15) is 0 Å². The van der Waals surface area contributed by atoms with Gasteiger partial charge in [-0.3, -0.25) is 4.79 Å². The van der Waals surface area contributed by atoms with Crippen LogP contribution in [0.5, 0.6) is 0 Å². The molecular weight excluding hydrogens is 212 g/mol. The maximum absolute atomic E-state index is 11.9. The van der Waals surface area contributed by atoms with E-state index in [1.165, 1.54) is 20.0 Å². The van der Waals surface area contributed by atoms with Crippen LogP contribution in [0.1, 0.15) is 39.5 Å². The van der Waals surface area contributed by atoms with E-state index >= 15 is 0 Å². The van der Waals surface area contributed by atoms with E-state index < -0.39 is 0 Å². The van der Waals surface area contributed by atoms with Crippen LogP contribution >= 0.6 is 0 Å². The van der Waals surface area contributed by atoms with Crippen molar-refractivity contribution in [1.29, 1.82) is 0 Å². The van der Waals surface area contributed by atoms with Crippen LogP contribution in [0.2, 0.25) is 0 Å². The van der Waals surface area contributed by atoms with Crippen LogP contribution in [0.4, 0.5) is 0 Å². The third kappa shape index (κ3) is 1.42. The van der Waals surface area contributed by atoms with Crippen molar-refractivity contribution in [3.8, 4) is 0 Å². The number of carbonyl (C=O) groups is 1. The van der Waals surface area contributed by atoms with Gasteiger partial charge in [-0.25, -0.2) is 0 Å². The standard InChI is InChI=1S/C15H22O2/c1-15(2)9-7-12-10(13(15)8-9)5-4-6-11(12)14(16)17-3/h5,9,11-13H,4,6-8H2,1-3H3/t9-,11-,12+,13+/m1/s1. The monoisotopic (exact) mass is 234 g/mol. The third-order valence-electron chi connectivity index (χ3n) is 5.69. The number of esters is 1. The highest BCUT2D eigenvalue weighted by atomic mass is 16.5. The van der Waals surface area contributed by atoms with Crippen molar-refractivity contribution in [1.82, 2.24) is 0 Å². The van der Waals surface area contributed by atoms with Crippen LogP contribution < -0.4 is 0 Å². The zero-order chi connectivity index (χ0) is 12.2. The average Bonchev–Trinajstić information content (AvgIpc) is 2.36. The minimum atomic E-state index is 0.0136. The number of ether oxygens (including phenoxy) is 1. The molecule has 0 amide bonds. The summed E-state index contributed by atoms with van der Waals surface area (Å²) in [4.78, 5) is 11.9. The third-order valence-corrected chi connectivity index (χ3v) is 5.69. The predicted octanol–water partition coefficient (Wildman–Crippen LogP) is 3.18. The molecule has 4 atom stereocenters. The topological polar surface area (TPSA) is 26.3 Å². The lowest BCUT2D eigenvalue weighted by Gasteiger charge is -2.61. The molecule has 94 valence electrons. The summed E-state index contributed by atoms with van der Waals surface area (Å²) >= 11 is 0. The van der Waals surface area contributed by atoms with Crippen molar-refractivity contribution in [3.63, 3.8) is 0 Å². The van der Waals surface area contributed by atoms with Gasteiger partial charge >= 0.3 is 5.97 Å². The van der Waals surface area contributed by atoms with E-state index in [0.717, 1.165) is 24.7 Å². The molecule has 4 rings (SSSR count). The van der Waals surface area contributed by atoms with E-state index in [2.05, 4.69) is 19.9 Å². The average molecular weight is 234 g/mol. The summed E-state index contributed by atoms with van der Waals surface area (Å²) in [7, 11) is 1.52. The Bertz CT molecular complexity index is 380. The molecule has 0 aromatic heterocycles. The zero-order valence-corrected chi connectivity index (χ0v) is 11.0. The molecule has 0 aromatic rings. The highest BCUT2D eigenvalue weighted by Crippen LogP contribution is 2.65. The Hall–Kier alpha value is -0.790. The fraction of sp³-hybridized carbons (Fsp3) is 0.800. The quantitative estimate of drug-likeness (QED) is 0.514. The molecule has 0 N–H and O–H groups in total. The number of allylic oxidation sites excluding steroid dienone is 2. The Morgan fingerprint density at radius 3 is 2.82 bits per heavy atom. The van der Waals surface area contributed by atoms with E-state index in [1.807, 2.05) is 0 Å². The number of hydrogen-bond donors (Lipinski definition) is 0. The largest absolute Gasteiger partial charge is 0.469 e. The lowest BCUT2D eigenvalue weighted by atomic mass is 9.43. The summed E-state index contributed by atoms with van der Waals surface area (Å²) in [5, 5.41) is 0. The fourth-order valence-corrected chi connectivity index (χ4v) is 4.44. The van der Waals surface area contributed by atoms with Gasteiger partial charge in [-0.2, -0.15) is 0 Å². The van der Waals surface area contributed by atoms with Gasteiger partial charge in [-0.1, -0.05) is 25.5 Å². The molecule has 0 aliphatic heterocycles. The second-order valence-electron chi connectivity index (χ2n) is 6.56. The van der Waals surface area contributed by atoms with Crippen molar-refractivity contribution in [2.24, 2.45) is 29.1 Å². The minimum absolute atomic E-state index is 0.0136. The second-order valence-corrected chi connectivity index (χ2v) is 6.56. The first kappa shape index (κ1) is 11.3. The number of hydrogen-bond acceptors (Lipinski definition) is 2. The number of carbonyl (C=O) groups excluding carboxylic acids is 1. The molecular formula is C15H22O2. The highest BCUT2D eigenvalue weighted by Gasteiger charge is 2.57. The molecule has 3 saturated carbocycles. The maximum atomic E-state index is 11.9. The molecule has 0 radical (unpaired) electrons. The van der Waals surface area contributed by atoms with Crippen LogP contribution in [-0.2, 0) is 9.53 Å². The van der Waals surface area contributed by atoms with Gasteiger partial charge < -0.3 is 4.74 Å². The van der Waals surface area contributed by atoms with Crippen LogP contribution in [0.25, 0.3) is 0 Å². The Labute approximate surface area is 103 Å². The van der Waals surface area contributed by atoms with Crippen molar-refractivity contribution in [3.05, 3.63) is 11.6 Å². The molecule has 2 bridgehead atoms. The molecule has 17 heavy (non-hydrogen) atoms. The molecule has 2 nitrogen and oxygen atoms in total. The zero-order valence-electron chi connectivity index (χ0n) is 11.0. The lowest BCUT2D eigenvalue weighted by Crippen LogP contribution is -2.54. The molecule has 0 unspecified atom stereocenters. The summed E-state index contributed by atoms with van der Waals surface area (Å²) in [6, 6.07) is 0. The van der Waals surface area contributed by atoms with Gasteiger partial charge in [-0.15, -0.1) is 0 Å². The van der Waals surface area contributed by atoms with Gasteiger partial charge in [0.25, 0.3) is 0 Å². The molecule has 4 aliphatic rings. The fourth-order valence-electron chi connectivity index (χ4n) is 4.44. The van der Waals surface area contributed by atoms with E-state index in [1.54, 1.807) is 5.57 Å². The van der Waals surface area contributed by atoms with Gasteiger partial charge in [0, 0.05) is 0 Å². The molecule has 4 aliphatic carbocycles. The van der Waals surface area contributed by atoms with Crippen molar-refractivity contribution < 1.29 is 9.53 Å². The van der Waals surface area contributed by atoms with Gasteiger partial charge in [0.2, 0.25) is 0 Å². The lowest BCUT2D eigenvalue weighted by molar-refractivity contribution is -0.150. The smallest absolute Gasteiger partial charge is 0.309 e. The highest BCUT2D eigenvalue weighted by molar-refractivity contribution is 5.73. The normalized spacial score (nSPS) is 41.9. The van der Waals surface area contributed by atoms with Crippen molar-refractivity contribution >= 4 is 5.97 Å². The number of methoxy groups -OCH3 is 1. The van der Waals surface area contributed by atoms with Gasteiger partial charge in [0.05, 0.1) is 13.0 Å². The van der Waals surface area contributed by atoms with E-state index in [0.29, 0.717) is 11.3 Å². The van der Waals surface area contributed by atoms with Crippen LogP contribution in [0.15, 0.2) is 11.6 Å². The molecule has 0 heterocycles. The Morgan fingerprint density at radius 2 is 2.18 bits per heavy atom. The van der Waals surface area contributed by atoms with E-state index in [-0.39, 0.29) is 11.9 Å². The summed E-state index contributed by atoms with van der Waals surface area (Å²) < 4.78 is 4.97. The summed E-state index contributed by atoms with van der Waals surface area (Å²) in [5.41, 5.74) is 2.06. The molecule has 2 heteroatoms. The Kier molecular flexibility index (Phi) is 2.39. The molecule has 3 fully saturated rings. The van der Waals surface area contributed by atoms with E-state index in [4.69, 9.17) is 4.74 Å². The second kappa shape index (κ2) is 3.60. The van der Waals surface area contributed by atoms with Crippen LogP contribution in [0, 0.1) is 29.1 Å². The molecule has 0 aromatic carbocycles. The van der Waals surface area contributed by atoms with Crippen LogP contribution in [-0.4, -0.2) is 13.1 Å². The predicted molar refractivity (Wildman–Crippen MR) is 66.3 cm³/mol. The molecule has 0 saturated heterocycles. The first-order chi connectivity index (χ1) is 8.05.